The highest BCUT2D eigenvalue weighted by Crippen LogP contribution is 2.22. The van der Waals surface area contributed by atoms with Gasteiger partial charge in [0.05, 0.1) is 36.1 Å². The number of carbonyl (C=O) groups excluding carboxylic acids is 1. The van der Waals surface area contributed by atoms with Crippen molar-refractivity contribution < 1.29 is 9.69 Å². The van der Waals surface area contributed by atoms with Gasteiger partial charge in [0.1, 0.15) is 0 Å². The summed E-state index contributed by atoms with van der Waals surface area (Å²) in [5, 5.41) is 1.03. The highest BCUT2D eigenvalue weighted by atomic mass is 35.5. The van der Waals surface area contributed by atoms with Gasteiger partial charge in [-0.25, -0.2) is 4.79 Å². The van der Waals surface area contributed by atoms with E-state index in [0.29, 0.717) is 22.5 Å². The molecule has 1 aliphatic heterocycles. The van der Waals surface area contributed by atoms with Gasteiger partial charge in [0, 0.05) is 0 Å². The molecule has 1 aromatic carbocycles. The van der Waals surface area contributed by atoms with Gasteiger partial charge in [-0.3, -0.25) is 9.80 Å². The van der Waals surface area contributed by atoms with Crippen molar-refractivity contribution in [3.63, 3.8) is 0 Å². The average molecular weight is 330 g/mol. The van der Waals surface area contributed by atoms with Gasteiger partial charge < -0.3 is 0 Å². The lowest BCUT2D eigenvalue weighted by Crippen LogP contribution is -3.13. The fraction of sp³-hybridized carbons (Fsp3) is 0.562. The van der Waals surface area contributed by atoms with Gasteiger partial charge in [0.25, 0.3) is 0 Å². The number of nitrogens with one attached hydrogen (secondary N) is 1. The van der Waals surface area contributed by atoms with Gasteiger partial charge in [-0.05, 0) is 50.6 Å². The standard InChI is InChI=1S/C16H22Cl2N2O/c1-12(20-7-3-4-8-20)11-19(2)16(21)10-13-5-6-14(17)15(18)9-13/h5-6,9,12H,3-4,7-8,10-11H2,1-2H3/p+1/t12-/m1/s1. The van der Waals surface area contributed by atoms with Crippen LogP contribution in [0.25, 0.3) is 0 Å². The Morgan fingerprint density at radius 1 is 1.29 bits per heavy atom. The first kappa shape index (κ1) is 16.8. The Bertz CT molecular complexity index is 501. The van der Waals surface area contributed by atoms with Gasteiger partial charge in [0.2, 0.25) is 0 Å². The Hall–Kier alpha value is -0.610. The summed E-state index contributed by atoms with van der Waals surface area (Å²) in [6.07, 6.45) is 2.96. The lowest BCUT2D eigenvalue weighted by atomic mass is 10.1. The molecular formula is C16H23Cl2N2O+. The zero-order chi connectivity index (χ0) is 15.4. The Morgan fingerprint density at radius 3 is 2.57 bits per heavy atom. The molecule has 0 aliphatic carbocycles. The Morgan fingerprint density at radius 2 is 1.95 bits per heavy atom. The first-order valence-electron chi connectivity index (χ1n) is 7.51. The molecule has 1 aliphatic rings. The summed E-state index contributed by atoms with van der Waals surface area (Å²) in [6.45, 7) is 5.38. The van der Waals surface area contributed by atoms with Gasteiger partial charge >= 0.3 is 5.91 Å². The van der Waals surface area contributed by atoms with Gasteiger partial charge in [0.15, 0.2) is 0 Å². The number of benzene rings is 1. The lowest BCUT2D eigenvalue weighted by Gasteiger charge is -2.25. The number of quaternary nitrogens is 1. The molecule has 5 heteroatoms. The summed E-state index contributed by atoms with van der Waals surface area (Å²) in [5.74, 6) is 0.194. The molecule has 1 heterocycles. The van der Waals surface area contributed by atoms with Crippen molar-refractivity contribution >= 4 is 29.1 Å². The van der Waals surface area contributed by atoms with Crippen LogP contribution < -0.4 is 4.90 Å². The monoisotopic (exact) mass is 329 g/mol. The van der Waals surface area contributed by atoms with Gasteiger partial charge in [-0.15, -0.1) is 0 Å². The van der Waals surface area contributed by atoms with Crippen LogP contribution >= 0.6 is 23.2 Å². The lowest BCUT2D eigenvalue weighted by molar-refractivity contribution is -0.800. The van der Waals surface area contributed by atoms with E-state index in [1.54, 1.807) is 12.1 Å². The third kappa shape index (κ3) is 4.68. The first-order chi connectivity index (χ1) is 9.97. The molecule has 1 unspecified atom stereocenters. The molecule has 21 heavy (non-hydrogen) atoms. The maximum atomic E-state index is 12.3. The molecule has 1 aromatic rings. The number of likely N-dealkylation sites (tertiary alicyclic amines) is 1. The molecule has 0 spiro atoms. The minimum absolute atomic E-state index is 0.194. The van der Waals surface area contributed by atoms with Crippen LogP contribution in [0, 0.1) is 0 Å². The van der Waals surface area contributed by atoms with Crippen LogP contribution in [0.15, 0.2) is 18.2 Å². The fourth-order valence-electron chi connectivity index (χ4n) is 2.85. The van der Waals surface area contributed by atoms with Crippen molar-refractivity contribution in [2.75, 3.05) is 26.7 Å². The van der Waals surface area contributed by atoms with Crippen molar-refractivity contribution in [3.8, 4) is 0 Å². The van der Waals surface area contributed by atoms with E-state index < -0.39 is 0 Å². The number of carbonyl (C=O) groups is 1. The van der Waals surface area contributed by atoms with Gasteiger partial charge in [-0.2, -0.15) is 0 Å². The molecule has 1 N–H and O–H groups in total. The van der Waals surface area contributed by atoms with Crippen molar-refractivity contribution in [2.45, 2.75) is 32.2 Å². The van der Waals surface area contributed by atoms with Crippen molar-refractivity contribution in [1.82, 2.24) is 4.90 Å². The molecule has 2 rings (SSSR count). The summed E-state index contributed by atoms with van der Waals surface area (Å²) in [7, 11) is 1.95. The molecule has 0 radical (unpaired) electrons. The number of likely N-dealkylation sites (N-methyl/N-ethyl adjacent to an activating group) is 1. The fourth-order valence-corrected chi connectivity index (χ4v) is 3.17. The SMILES string of the molecule is C[C@H](C[NH+](C)C(=O)Cc1ccc(Cl)c(Cl)c1)N1CCCC1. The molecule has 0 aromatic heterocycles. The maximum Gasteiger partial charge on any atom is 0.316 e. The minimum Gasteiger partial charge on any atom is -0.295 e. The van der Waals surface area contributed by atoms with E-state index in [0.717, 1.165) is 30.1 Å². The molecular weight excluding hydrogens is 307 g/mol. The topological polar surface area (TPSA) is 24.8 Å². The van der Waals surface area contributed by atoms with E-state index in [4.69, 9.17) is 23.2 Å². The largest absolute Gasteiger partial charge is 0.316 e. The van der Waals surface area contributed by atoms with Crippen molar-refractivity contribution in [2.24, 2.45) is 0 Å². The summed E-state index contributed by atoms with van der Waals surface area (Å²) < 4.78 is 0. The van der Waals surface area contributed by atoms with Crippen LogP contribution in [-0.2, 0) is 11.2 Å². The van der Waals surface area contributed by atoms with E-state index in [2.05, 4.69) is 11.8 Å². The zero-order valence-electron chi connectivity index (χ0n) is 12.7. The molecule has 0 bridgehead atoms. The zero-order valence-corrected chi connectivity index (χ0v) is 14.2. The van der Waals surface area contributed by atoms with Crippen LogP contribution in [-0.4, -0.2) is 43.5 Å². The highest BCUT2D eigenvalue weighted by molar-refractivity contribution is 6.42. The van der Waals surface area contributed by atoms with E-state index >= 15 is 0 Å². The van der Waals surface area contributed by atoms with E-state index in [1.165, 1.54) is 12.8 Å². The van der Waals surface area contributed by atoms with E-state index in [1.807, 2.05) is 13.1 Å². The molecule has 1 fully saturated rings. The number of hydrogen-bond acceptors (Lipinski definition) is 2. The second-order valence-corrected chi connectivity index (χ2v) is 6.74. The van der Waals surface area contributed by atoms with Crippen LogP contribution in [0.5, 0.6) is 0 Å². The molecule has 2 atom stereocenters. The summed E-state index contributed by atoms with van der Waals surface area (Å²) >= 11 is 11.9. The minimum atomic E-state index is 0.194. The quantitative estimate of drug-likeness (QED) is 0.894. The summed E-state index contributed by atoms with van der Waals surface area (Å²) in [6, 6.07) is 5.84. The van der Waals surface area contributed by atoms with E-state index in [-0.39, 0.29) is 5.91 Å². The predicted molar refractivity (Wildman–Crippen MR) is 87.2 cm³/mol. The van der Waals surface area contributed by atoms with Crippen LogP contribution in [0.3, 0.4) is 0 Å². The predicted octanol–water partition coefficient (Wildman–Crippen LogP) is 2.06. The Labute approximate surface area is 136 Å². The van der Waals surface area contributed by atoms with Crippen molar-refractivity contribution in [1.29, 1.82) is 0 Å². The number of hydrogen-bond donors (Lipinski definition) is 1. The smallest absolute Gasteiger partial charge is 0.295 e. The third-order valence-electron chi connectivity index (χ3n) is 4.19. The van der Waals surface area contributed by atoms with E-state index in [9.17, 15) is 4.79 Å². The normalized spacial score (nSPS) is 18.7. The average Bonchev–Trinajstić information content (AvgIpc) is 2.97. The number of halogens is 2. The Kier molecular flexibility index (Phi) is 6.06. The summed E-state index contributed by atoms with van der Waals surface area (Å²) in [4.78, 5) is 15.7. The highest BCUT2D eigenvalue weighted by Gasteiger charge is 2.24. The van der Waals surface area contributed by atoms with Crippen LogP contribution in [0.2, 0.25) is 10.0 Å². The Balaban J connectivity index is 1.88. The molecule has 0 saturated carbocycles. The molecule has 3 nitrogen and oxygen atoms in total. The first-order valence-corrected chi connectivity index (χ1v) is 8.26. The molecule has 1 amide bonds. The van der Waals surface area contributed by atoms with Gasteiger partial charge in [-0.1, -0.05) is 29.3 Å². The number of amides is 1. The summed E-state index contributed by atoms with van der Waals surface area (Å²) in [5.41, 5.74) is 0.919. The van der Waals surface area contributed by atoms with Crippen LogP contribution in [0.4, 0.5) is 0 Å². The third-order valence-corrected chi connectivity index (χ3v) is 4.93. The maximum absolute atomic E-state index is 12.3. The number of nitrogens with zero attached hydrogens (tertiary/aromatic N) is 1. The van der Waals surface area contributed by atoms with Crippen molar-refractivity contribution in [3.05, 3.63) is 33.8 Å². The second kappa shape index (κ2) is 7.59. The molecule has 1 saturated heterocycles. The number of rotatable bonds is 5. The second-order valence-electron chi connectivity index (χ2n) is 5.92. The van der Waals surface area contributed by atoms with Crippen LogP contribution in [0.1, 0.15) is 25.3 Å². The molecule has 116 valence electrons.